The van der Waals surface area contributed by atoms with Crippen molar-refractivity contribution >= 4 is 32.5 Å². The van der Waals surface area contributed by atoms with Crippen LogP contribution in [0.1, 0.15) is 40.7 Å². The highest BCUT2D eigenvalue weighted by Gasteiger charge is 2.25. The van der Waals surface area contributed by atoms with Gasteiger partial charge in [-0.2, -0.15) is 0 Å². The van der Waals surface area contributed by atoms with E-state index in [4.69, 9.17) is 0 Å². The summed E-state index contributed by atoms with van der Waals surface area (Å²) in [4.78, 5) is 30.7. The van der Waals surface area contributed by atoms with E-state index in [0.717, 1.165) is 30.4 Å². The normalized spacial score (nSPS) is 14.5. The molecule has 1 fully saturated rings. The van der Waals surface area contributed by atoms with E-state index in [0.29, 0.717) is 24.3 Å². The third kappa shape index (κ3) is 3.90. The van der Waals surface area contributed by atoms with Crippen molar-refractivity contribution in [3.63, 3.8) is 0 Å². The Morgan fingerprint density at radius 1 is 1.03 bits per heavy atom. The number of nitrogens with one attached hydrogen (secondary N) is 1. The van der Waals surface area contributed by atoms with Crippen molar-refractivity contribution in [2.45, 2.75) is 38.0 Å². The lowest BCUT2D eigenvalue weighted by molar-refractivity contribution is 0.0723. The fourth-order valence-electron chi connectivity index (χ4n) is 4.13. The van der Waals surface area contributed by atoms with Crippen molar-refractivity contribution < 1.29 is 13.2 Å². The van der Waals surface area contributed by atoms with Crippen LogP contribution in [0.5, 0.6) is 0 Å². The first-order chi connectivity index (χ1) is 15.2. The zero-order chi connectivity index (χ0) is 23.0. The number of nitrogens with zero attached hydrogens (tertiary/aromatic N) is 2. The third-order valence-corrected chi connectivity index (χ3v) is 7.86. The molecule has 0 unspecified atom stereocenters. The Bertz CT molecular complexity index is 1360. The summed E-state index contributed by atoms with van der Waals surface area (Å²) in [6, 6.07) is 10.0. The Morgan fingerprint density at radius 2 is 1.75 bits per heavy atom. The second kappa shape index (κ2) is 8.43. The van der Waals surface area contributed by atoms with Crippen LogP contribution in [0.3, 0.4) is 0 Å². The fourth-order valence-corrected chi connectivity index (χ4v) is 5.41. The molecule has 7 nitrogen and oxygen atoms in total. The first-order valence-corrected chi connectivity index (χ1v) is 12.1. The Labute approximate surface area is 187 Å². The number of pyridine rings is 1. The van der Waals surface area contributed by atoms with Gasteiger partial charge in [0.25, 0.3) is 15.9 Å². The minimum atomic E-state index is -3.91. The summed E-state index contributed by atoms with van der Waals surface area (Å²) in [7, 11) is -2.41. The molecule has 0 bridgehead atoms. The highest BCUT2D eigenvalue weighted by atomic mass is 32.2. The molecule has 1 saturated heterocycles. The van der Waals surface area contributed by atoms with Crippen LogP contribution >= 0.6 is 0 Å². The quantitative estimate of drug-likeness (QED) is 0.654. The fraction of sp³-hybridized carbons (Fsp3) is 0.333. The molecule has 0 atom stereocenters. The lowest BCUT2D eigenvalue weighted by Crippen LogP contribution is -2.38. The number of H-pyrrole nitrogens is 1. The number of fused-ring (bicyclic) bond motifs is 1. The molecular weight excluding hydrogens is 426 g/mol. The van der Waals surface area contributed by atoms with Crippen molar-refractivity contribution in [1.29, 1.82) is 0 Å². The Hall–Kier alpha value is -3.13. The maximum absolute atomic E-state index is 13.4. The van der Waals surface area contributed by atoms with Crippen LogP contribution < -0.4 is 9.73 Å². The second-order valence-electron chi connectivity index (χ2n) is 8.35. The van der Waals surface area contributed by atoms with E-state index >= 15 is 0 Å². The minimum Gasteiger partial charge on any atom is -0.360 e. The van der Waals surface area contributed by atoms with Crippen LogP contribution in [0.2, 0.25) is 0 Å². The molecule has 1 N–H and O–H groups in total. The van der Waals surface area contributed by atoms with Gasteiger partial charge in [-0.15, -0.1) is 0 Å². The van der Waals surface area contributed by atoms with E-state index in [1.807, 2.05) is 32.0 Å². The number of carbonyl (C=O) groups is 1. The number of aromatic nitrogens is 1. The number of sulfonamides is 1. The topological polar surface area (TPSA) is 90.6 Å². The van der Waals surface area contributed by atoms with Crippen LogP contribution in [-0.4, -0.2) is 44.3 Å². The molecule has 0 saturated carbocycles. The van der Waals surface area contributed by atoms with Gasteiger partial charge in [0.1, 0.15) is 5.56 Å². The molecular formula is C24H27N3O4S. The number of likely N-dealkylation sites (tertiary alicyclic amines) is 1. The SMILES string of the molecule is Cc1ccc(C)c(N(C)S(=O)(=O)c2ccc3[nH]cc(C(=O)N4CCCCC4)c(=O)c3c2)c1. The van der Waals surface area contributed by atoms with Gasteiger partial charge in [0.2, 0.25) is 5.43 Å². The predicted octanol–water partition coefficient (Wildman–Crippen LogP) is 3.60. The lowest BCUT2D eigenvalue weighted by Gasteiger charge is -2.26. The maximum atomic E-state index is 13.4. The molecule has 1 aliphatic heterocycles. The number of benzene rings is 2. The van der Waals surface area contributed by atoms with Gasteiger partial charge in [-0.1, -0.05) is 12.1 Å². The van der Waals surface area contributed by atoms with Crippen LogP contribution in [0, 0.1) is 13.8 Å². The largest absolute Gasteiger partial charge is 0.360 e. The monoisotopic (exact) mass is 453 g/mol. The van der Waals surface area contributed by atoms with Gasteiger partial charge in [-0.25, -0.2) is 8.42 Å². The molecule has 8 heteroatoms. The van der Waals surface area contributed by atoms with Gasteiger partial charge in [0.15, 0.2) is 0 Å². The molecule has 2 aromatic carbocycles. The average Bonchev–Trinajstić information content (AvgIpc) is 2.80. The summed E-state index contributed by atoms with van der Waals surface area (Å²) in [5.41, 5.74) is 2.42. The smallest absolute Gasteiger partial charge is 0.264 e. The van der Waals surface area contributed by atoms with Crippen LogP contribution in [0.25, 0.3) is 10.9 Å². The second-order valence-corrected chi connectivity index (χ2v) is 10.3. The predicted molar refractivity (Wildman–Crippen MR) is 126 cm³/mol. The Kier molecular flexibility index (Phi) is 5.81. The molecule has 32 heavy (non-hydrogen) atoms. The molecule has 168 valence electrons. The van der Waals surface area contributed by atoms with Crippen molar-refractivity contribution in [3.8, 4) is 0 Å². The molecule has 2 heterocycles. The molecule has 1 aromatic heterocycles. The number of piperidine rings is 1. The lowest BCUT2D eigenvalue weighted by atomic mass is 10.1. The average molecular weight is 454 g/mol. The third-order valence-electron chi connectivity index (χ3n) is 6.09. The number of aryl methyl sites for hydroxylation is 2. The van der Waals surface area contributed by atoms with Gasteiger partial charge >= 0.3 is 0 Å². The zero-order valence-corrected chi connectivity index (χ0v) is 19.3. The summed E-state index contributed by atoms with van der Waals surface area (Å²) in [6.07, 6.45) is 4.35. The summed E-state index contributed by atoms with van der Waals surface area (Å²) in [5.74, 6) is -0.311. The number of anilines is 1. The number of hydrogen-bond donors (Lipinski definition) is 1. The number of hydrogen-bond acceptors (Lipinski definition) is 4. The number of carbonyl (C=O) groups excluding carboxylic acids is 1. The first kappa shape index (κ1) is 22.1. The van der Waals surface area contributed by atoms with E-state index < -0.39 is 15.5 Å². The van der Waals surface area contributed by atoms with Gasteiger partial charge in [0.05, 0.1) is 10.6 Å². The van der Waals surface area contributed by atoms with Crippen LogP contribution in [-0.2, 0) is 10.0 Å². The number of amides is 1. The summed E-state index contributed by atoms with van der Waals surface area (Å²) in [6.45, 7) is 5.01. The van der Waals surface area contributed by atoms with Crippen molar-refractivity contribution in [3.05, 3.63) is 69.5 Å². The van der Waals surface area contributed by atoms with E-state index in [-0.39, 0.29) is 21.8 Å². The highest BCUT2D eigenvalue weighted by molar-refractivity contribution is 7.92. The number of aromatic amines is 1. The summed E-state index contributed by atoms with van der Waals surface area (Å²) >= 11 is 0. The summed E-state index contributed by atoms with van der Waals surface area (Å²) in [5, 5.41) is 0.184. The van der Waals surface area contributed by atoms with Crippen LogP contribution in [0.15, 0.2) is 52.3 Å². The Morgan fingerprint density at radius 3 is 2.47 bits per heavy atom. The molecule has 0 radical (unpaired) electrons. The molecule has 1 aliphatic rings. The molecule has 3 aromatic rings. The first-order valence-electron chi connectivity index (χ1n) is 10.7. The molecule has 0 spiro atoms. The zero-order valence-electron chi connectivity index (χ0n) is 18.5. The highest BCUT2D eigenvalue weighted by Crippen LogP contribution is 2.27. The van der Waals surface area contributed by atoms with E-state index in [1.54, 1.807) is 11.0 Å². The number of rotatable bonds is 4. The van der Waals surface area contributed by atoms with Crippen LogP contribution in [0.4, 0.5) is 5.69 Å². The van der Waals surface area contributed by atoms with E-state index in [9.17, 15) is 18.0 Å². The van der Waals surface area contributed by atoms with Crippen molar-refractivity contribution in [2.75, 3.05) is 24.4 Å². The van der Waals surface area contributed by atoms with E-state index in [1.165, 1.54) is 29.7 Å². The minimum absolute atomic E-state index is 0.00137. The van der Waals surface area contributed by atoms with Gasteiger partial charge < -0.3 is 9.88 Å². The summed E-state index contributed by atoms with van der Waals surface area (Å²) < 4.78 is 27.9. The Balaban J connectivity index is 1.77. The van der Waals surface area contributed by atoms with Gasteiger partial charge in [-0.05, 0) is 68.5 Å². The maximum Gasteiger partial charge on any atom is 0.264 e. The molecule has 4 rings (SSSR count). The standard InChI is InChI=1S/C24H27N3O4S/c1-16-7-8-17(2)22(13-16)26(3)32(30,31)18-9-10-21-19(14-18)23(28)20(15-25-21)24(29)27-11-5-4-6-12-27/h7-10,13-15H,4-6,11-12H2,1-3H3,(H,25,28). The van der Waals surface area contributed by atoms with E-state index in [2.05, 4.69) is 4.98 Å². The molecule has 0 aliphatic carbocycles. The molecule has 1 amide bonds. The van der Waals surface area contributed by atoms with Crippen molar-refractivity contribution in [2.24, 2.45) is 0 Å². The van der Waals surface area contributed by atoms with Gasteiger partial charge in [0, 0.05) is 37.2 Å². The van der Waals surface area contributed by atoms with Crippen molar-refractivity contribution in [1.82, 2.24) is 9.88 Å². The van der Waals surface area contributed by atoms with Gasteiger partial charge in [-0.3, -0.25) is 13.9 Å².